The van der Waals surface area contributed by atoms with E-state index in [2.05, 4.69) is 9.97 Å². The van der Waals surface area contributed by atoms with E-state index in [-0.39, 0.29) is 5.82 Å². The van der Waals surface area contributed by atoms with Crippen molar-refractivity contribution in [1.29, 1.82) is 0 Å². The zero-order valence-corrected chi connectivity index (χ0v) is 11.2. The second-order valence-electron chi connectivity index (χ2n) is 4.66. The normalized spacial score (nSPS) is 10.8. The first-order valence-corrected chi connectivity index (χ1v) is 6.29. The number of para-hydroxylation sites is 1. The highest BCUT2D eigenvalue weighted by molar-refractivity contribution is 5.85. The van der Waals surface area contributed by atoms with E-state index in [0.29, 0.717) is 17.2 Å². The maximum atomic E-state index is 13.5. The molecule has 3 nitrogen and oxygen atoms in total. The van der Waals surface area contributed by atoms with Gasteiger partial charge >= 0.3 is 0 Å². The predicted octanol–water partition coefficient (Wildman–Crippen LogP) is 4.18. The van der Waals surface area contributed by atoms with Gasteiger partial charge in [-0.2, -0.15) is 0 Å². The van der Waals surface area contributed by atoms with Crippen LogP contribution in [0.1, 0.15) is 11.1 Å². The highest BCUT2D eigenvalue weighted by atomic mass is 19.1. The summed E-state index contributed by atoms with van der Waals surface area (Å²) in [4.78, 5) is 8.39. The lowest BCUT2D eigenvalue weighted by atomic mass is 10.1. The van der Waals surface area contributed by atoms with Crippen molar-refractivity contribution in [3.63, 3.8) is 0 Å². The number of rotatable bonds is 2. The summed E-state index contributed by atoms with van der Waals surface area (Å²) in [6, 6.07) is 10.6. The molecule has 4 heteroatoms. The Hall–Kier alpha value is -2.49. The van der Waals surface area contributed by atoms with Crippen LogP contribution in [0, 0.1) is 19.7 Å². The zero-order valence-electron chi connectivity index (χ0n) is 11.2. The lowest BCUT2D eigenvalue weighted by molar-refractivity contribution is 0.462. The number of ether oxygens (including phenoxy) is 1. The van der Waals surface area contributed by atoms with Gasteiger partial charge in [-0.05, 0) is 37.1 Å². The molecule has 1 heterocycles. The molecule has 0 aliphatic rings. The number of halogens is 1. The fourth-order valence-corrected chi connectivity index (χ4v) is 2.04. The highest BCUT2D eigenvalue weighted by Gasteiger charge is 2.08. The quantitative estimate of drug-likeness (QED) is 0.699. The summed E-state index contributed by atoms with van der Waals surface area (Å²) >= 11 is 0. The molecule has 0 radical (unpaired) electrons. The largest absolute Gasteiger partial charge is 0.438 e. The average molecular weight is 268 g/mol. The van der Waals surface area contributed by atoms with Crippen LogP contribution in [-0.2, 0) is 0 Å². The molecular weight excluding hydrogens is 255 g/mol. The van der Waals surface area contributed by atoms with Gasteiger partial charge in [0.05, 0.1) is 10.9 Å². The maximum Gasteiger partial charge on any atom is 0.230 e. The van der Waals surface area contributed by atoms with E-state index in [0.717, 1.165) is 16.5 Å². The number of hydrogen-bond acceptors (Lipinski definition) is 3. The molecule has 0 bridgehead atoms. The van der Waals surface area contributed by atoms with Crippen molar-refractivity contribution >= 4 is 10.9 Å². The molecule has 20 heavy (non-hydrogen) atoms. The zero-order chi connectivity index (χ0) is 14.1. The number of hydrogen-bond donors (Lipinski definition) is 0. The fourth-order valence-electron chi connectivity index (χ4n) is 2.04. The standard InChI is InChI=1S/C16H13FN2O/c1-10-6-7-12(8-14(10)17)20-16-13-5-3-4-11(2)15(13)18-9-19-16/h3-9H,1-2H3. The Labute approximate surface area is 116 Å². The van der Waals surface area contributed by atoms with E-state index in [9.17, 15) is 4.39 Å². The van der Waals surface area contributed by atoms with Crippen molar-refractivity contribution in [2.75, 3.05) is 0 Å². The highest BCUT2D eigenvalue weighted by Crippen LogP contribution is 2.28. The molecule has 0 atom stereocenters. The minimum absolute atomic E-state index is 0.294. The van der Waals surface area contributed by atoms with Crippen molar-refractivity contribution in [2.45, 2.75) is 13.8 Å². The minimum atomic E-state index is -0.294. The molecule has 3 aromatic rings. The summed E-state index contributed by atoms with van der Waals surface area (Å²) in [6.07, 6.45) is 1.45. The molecule has 0 saturated carbocycles. The second-order valence-corrected chi connectivity index (χ2v) is 4.66. The average Bonchev–Trinajstić information content (AvgIpc) is 2.44. The Balaban J connectivity index is 2.06. The van der Waals surface area contributed by atoms with Crippen molar-refractivity contribution in [2.24, 2.45) is 0 Å². The van der Waals surface area contributed by atoms with Crippen molar-refractivity contribution in [3.8, 4) is 11.6 Å². The molecular formula is C16H13FN2O. The van der Waals surface area contributed by atoms with Crippen LogP contribution in [0.3, 0.4) is 0 Å². The van der Waals surface area contributed by atoms with Gasteiger partial charge in [0.15, 0.2) is 0 Å². The van der Waals surface area contributed by atoms with Crippen LogP contribution in [0.15, 0.2) is 42.7 Å². The Bertz CT molecular complexity index is 787. The van der Waals surface area contributed by atoms with Crippen LogP contribution in [-0.4, -0.2) is 9.97 Å². The van der Waals surface area contributed by atoms with Crippen LogP contribution >= 0.6 is 0 Å². The number of aryl methyl sites for hydroxylation is 2. The molecule has 3 rings (SSSR count). The molecule has 0 amide bonds. The van der Waals surface area contributed by atoms with Gasteiger partial charge in [0.1, 0.15) is 17.9 Å². The third-order valence-electron chi connectivity index (χ3n) is 3.19. The topological polar surface area (TPSA) is 35.0 Å². The summed E-state index contributed by atoms with van der Waals surface area (Å²) < 4.78 is 19.2. The summed E-state index contributed by atoms with van der Waals surface area (Å²) in [6.45, 7) is 3.69. The molecule has 100 valence electrons. The SMILES string of the molecule is Cc1ccc(Oc2ncnc3c(C)cccc23)cc1F. The molecule has 0 aliphatic heterocycles. The summed E-state index contributed by atoms with van der Waals surface area (Å²) in [5, 5.41) is 0.813. The molecule has 2 aromatic carbocycles. The van der Waals surface area contributed by atoms with Crippen LogP contribution in [0.2, 0.25) is 0 Å². The third-order valence-corrected chi connectivity index (χ3v) is 3.19. The molecule has 0 spiro atoms. The van der Waals surface area contributed by atoms with Gasteiger partial charge in [-0.1, -0.05) is 18.2 Å². The lowest BCUT2D eigenvalue weighted by Gasteiger charge is -2.09. The monoisotopic (exact) mass is 268 g/mol. The van der Waals surface area contributed by atoms with Gasteiger partial charge in [0.25, 0.3) is 0 Å². The minimum Gasteiger partial charge on any atom is -0.438 e. The molecule has 1 aromatic heterocycles. The van der Waals surface area contributed by atoms with E-state index in [1.165, 1.54) is 12.4 Å². The number of fused-ring (bicyclic) bond motifs is 1. The summed E-state index contributed by atoms with van der Waals surface area (Å²) in [5.74, 6) is 0.564. The van der Waals surface area contributed by atoms with E-state index < -0.39 is 0 Å². The van der Waals surface area contributed by atoms with Crippen LogP contribution in [0.5, 0.6) is 11.6 Å². The van der Waals surface area contributed by atoms with Crippen molar-refractivity contribution in [1.82, 2.24) is 9.97 Å². The number of nitrogens with zero attached hydrogens (tertiary/aromatic N) is 2. The van der Waals surface area contributed by atoms with Crippen molar-refractivity contribution in [3.05, 3.63) is 59.7 Å². The Morgan fingerprint density at radius 1 is 1.00 bits per heavy atom. The van der Waals surface area contributed by atoms with Gasteiger partial charge in [-0.3, -0.25) is 0 Å². The Morgan fingerprint density at radius 3 is 2.65 bits per heavy atom. The summed E-state index contributed by atoms with van der Waals surface area (Å²) in [5.41, 5.74) is 2.47. The van der Waals surface area contributed by atoms with Crippen LogP contribution in [0.25, 0.3) is 10.9 Å². The molecule has 0 N–H and O–H groups in total. The van der Waals surface area contributed by atoms with Gasteiger partial charge < -0.3 is 4.74 Å². The Kier molecular flexibility index (Phi) is 3.06. The van der Waals surface area contributed by atoms with E-state index in [4.69, 9.17) is 4.74 Å². The van der Waals surface area contributed by atoms with Crippen molar-refractivity contribution < 1.29 is 9.13 Å². The lowest BCUT2D eigenvalue weighted by Crippen LogP contribution is -1.93. The smallest absolute Gasteiger partial charge is 0.230 e. The van der Waals surface area contributed by atoms with Gasteiger partial charge in [-0.15, -0.1) is 0 Å². The van der Waals surface area contributed by atoms with Crippen LogP contribution in [0.4, 0.5) is 4.39 Å². The predicted molar refractivity (Wildman–Crippen MR) is 75.5 cm³/mol. The molecule has 0 aliphatic carbocycles. The maximum absolute atomic E-state index is 13.5. The molecule has 0 fully saturated rings. The van der Waals surface area contributed by atoms with E-state index in [1.807, 2.05) is 25.1 Å². The van der Waals surface area contributed by atoms with E-state index in [1.54, 1.807) is 19.1 Å². The van der Waals surface area contributed by atoms with Crippen LogP contribution < -0.4 is 4.74 Å². The third kappa shape index (κ3) is 2.20. The number of aromatic nitrogens is 2. The molecule has 0 saturated heterocycles. The molecule has 0 unspecified atom stereocenters. The van der Waals surface area contributed by atoms with E-state index >= 15 is 0 Å². The number of benzene rings is 2. The first-order chi connectivity index (χ1) is 9.65. The van der Waals surface area contributed by atoms with Gasteiger partial charge in [-0.25, -0.2) is 14.4 Å². The first kappa shape index (κ1) is 12.5. The second kappa shape index (κ2) is 4.89. The summed E-state index contributed by atoms with van der Waals surface area (Å²) in [7, 11) is 0. The van der Waals surface area contributed by atoms with Gasteiger partial charge in [0.2, 0.25) is 5.88 Å². The van der Waals surface area contributed by atoms with Gasteiger partial charge in [0, 0.05) is 6.07 Å². The first-order valence-electron chi connectivity index (χ1n) is 6.29. The Morgan fingerprint density at radius 2 is 1.85 bits per heavy atom. The fraction of sp³-hybridized carbons (Fsp3) is 0.125.